The smallest absolute Gasteiger partial charge is 0.323 e. The number of rotatable bonds is 5. The van der Waals surface area contributed by atoms with Gasteiger partial charge < -0.3 is 9.84 Å². The van der Waals surface area contributed by atoms with E-state index >= 15 is 0 Å². The van der Waals surface area contributed by atoms with E-state index in [0.29, 0.717) is 0 Å². The van der Waals surface area contributed by atoms with E-state index < -0.39 is 0 Å². The van der Waals surface area contributed by atoms with Crippen LogP contribution >= 0.6 is 0 Å². The minimum Gasteiger partial charge on any atom is -0.508 e. The van der Waals surface area contributed by atoms with Crippen molar-refractivity contribution in [2.75, 3.05) is 7.11 Å². The Kier molecular flexibility index (Phi) is 5.16. The average Bonchev–Trinajstić information content (AvgIpc) is 2.35. The fourth-order valence-electron chi connectivity index (χ4n) is 1.79. The van der Waals surface area contributed by atoms with Gasteiger partial charge in [0.15, 0.2) is 0 Å². The highest BCUT2D eigenvalue weighted by atomic mass is 16.5. The summed E-state index contributed by atoms with van der Waals surface area (Å²) < 4.78 is 4.79. The highest BCUT2D eigenvalue weighted by Gasteiger charge is 2.24. The van der Waals surface area contributed by atoms with E-state index in [9.17, 15) is 9.90 Å². The summed E-state index contributed by atoms with van der Waals surface area (Å²) >= 11 is 0. The minimum atomic E-state index is -0.334. The van der Waals surface area contributed by atoms with Crippen LogP contribution in [0.25, 0.3) is 0 Å². The van der Waals surface area contributed by atoms with Gasteiger partial charge in [-0.05, 0) is 30.5 Å². The van der Waals surface area contributed by atoms with Gasteiger partial charge in [0.05, 0.1) is 7.11 Å². The molecule has 0 bridgehead atoms. The first-order valence-electron chi connectivity index (χ1n) is 6.08. The summed E-state index contributed by atoms with van der Waals surface area (Å²) in [5, 5.41) is 12.5. The number of carbonyl (C=O) groups is 1. The maximum absolute atomic E-state index is 11.6. The third kappa shape index (κ3) is 3.74. The van der Waals surface area contributed by atoms with Crippen LogP contribution in [0.4, 0.5) is 0 Å². The van der Waals surface area contributed by atoms with Crippen molar-refractivity contribution in [2.45, 2.75) is 32.9 Å². The number of benzene rings is 1. The first-order valence-corrected chi connectivity index (χ1v) is 6.08. The molecule has 1 rings (SSSR count). The average molecular weight is 251 g/mol. The maximum Gasteiger partial charge on any atom is 0.323 e. The van der Waals surface area contributed by atoms with Crippen LogP contribution in [0.5, 0.6) is 5.75 Å². The zero-order chi connectivity index (χ0) is 13.7. The fourth-order valence-corrected chi connectivity index (χ4v) is 1.79. The van der Waals surface area contributed by atoms with Crippen molar-refractivity contribution < 1.29 is 14.6 Å². The Morgan fingerprint density at radius 1 is 1.22 bits per heavy atom. The number of carbonyl (C=O) groups excluding carboxylic acids is 1. The fraction of sp³-hybridized carbons (Fsp3) is 0.500. The van der Waals surface area contributed by atoms with E-state index in [-0.39, 0.29) is 29.7 Å². The van der Waals surface area contributed by atoms with Crippen LogP contribution in [0.1, 0.15) is 32.4 Å². The van der Waals surface area contributed by atoms with Gasteiger partial charge in [-0.3, -0.25) is 10.1 Å². The van der Waals surface area contributed by atoms with Crippen molar-refractivity contribution in [3.8, 4) is 5.75 Å². The molecule has 0 fully saturated rings. The van der Waals surface area contributed by atoms with Crippen LogP contribution in [0, 0.1) is 5.92 Å². The van der Waals surface area contributed by atoms with Crippen molar-refractivity contribution >= 4 is 5.97 Å². The van der Waals surface area contributed by atoms with E-state index in [4.69, 9.17) is 4.74 Å². The number of ether oxygens (including phenoxy) is 1. The summed E-state index contributed by atoms with van der Waals surface area (Å²) in [4.78, 5) is 11.6. The molecular weight excluding hydrogens is 230 g/mol. The van der Waals surface area contributed by atoms with Crippen LogP contribution in [0.3, 0.4) is 0 Å². The quantitative estimate of drug-likeness (QED) is 0.788. The van der Waals surface area contributed by atoms with E-state index in [0.717, 1.165) is 5.56 Å². The lowest BCUT2D eigenvalue weighted by Crippen LogP contribution is -2.42. The molecule has 4 heteroatoms. The molecule has 0 spiro atoms. The van der Waals surface area contributed by atoms with Gasteiger partial charge >= 0.3 is 5.97 Å². The van der Waals surface area contributed by atoms with Gasteiger partial charge in [0.25, 0.3) is 0 Å². The molecule has 2 N–H and O–H groups in total. The molecule has 0 saturated carbocycles. The normalized spacial score (nSPS) is 14.3. The molecule has 1 unspecified atom stereocenters. The highest BCUT2D eigenvalue weighted by molar-refractivity contribution is 5.76. The van der Waals surface area contributed by atoms with Crippen molar-refractivity contribution in [2.24, 2.45) is 5.92 Å². The number of hydrogen-bond donors (Lipinski definition) is 2. The Bertz CT molecular complexity index is 387. The Labute approximate surface area is 108 Å². The molecule has 0 amide bonds. The number of aromatic hydroxyl groups is 1. The van der Waals surface area contributed by atoms with Gasteiger partial charge in [-0.25, -0.2) is 0 Å². The monoisotopic (exact) mass is 251 g/mol. The second kappa shape index (κ2) is 6.40. The van der Waals surface area contributed by atoms with Gasteiger partial charge in [0, 0.05) is 6.04 Å². The topological polar surface area (TPSA) is 58.6 Å². The minimum absolute atomic E-state index is 0.0112. The molecule has 0 saturated heterocycles. The largest absolute Gasteiger partial charge is 0.508 e. The number of phenols is 1. The number of esters is 1. The predicted molar refractivity (Wildman–Crippen MR) is 70.3 cm³/mol. The summed E-state index contributed by atoms with van der Waals surface area (Å²) in [6, 6.07) is 6.62. The third-order valence-corrected chi connectivity index (χ3v) is 2.94. The lowest BCUT2D eigenvalue weighted by Gasteiger charge is -2.24. The lowest BCUT2D eigenvalue weighted by molar-refractivity contribution is -0.144. The standard InChI is InChI=1S/C14H21NO3/c1-9(2)13(14(17)18-4)15-10(3)11-5-7-12(16)8-6-11/h5-10,13,15-16H,1-4H3/t10?,13-/m0/s1. The third-order valence-electron chi connectivity index (χ3n) is 2.94. The molecule has 0 aliphatic carbocycles. The van der Waals surface area contributed by atoms with Gasteiger partial charge in [-0.1, -0.05) is 26.0 Å². The Balaban J connectivity index is 2.75. The van der Waals surface area contributed by atoms with E-state index in [1.54, 1.807) is 12.1 Å². The Hall–Kier alpha value is -1.55. The molecule has 2 atom stereocenters. The van der Waals surface area contributed by atoms with Crippen LogP contribution in [-0.2, 0) is 9.53 Å². The van der Waals surface area contributed by atoms with E-state index in [1.807, 2.05) is 32.9 Å². The van der Waals surface area contributed by atoms with E-state index in [1.165, 1.54) is 7.11 Å². The van der Waals surface area contributed by atoms with Crippen LogP contribution in [0.15, 0.2) is 24.3 Å². The second-order valence-corrected chi connectivity index (χ2v) is 4.72. The summed E-state index contributed by atoms with van der Waals surface area (Å²) in [5.41, 5.74) is 1.02. The molecule has 0 heterocycles. The molecule has 0 aliphatic rings. The van der Waals surface area contributed by atoms with Gasteiger partial charge in [-0.15, -0.1) is 0 Å². The number of phenolic OH excluding ortho intramolecular Hbond substituents is 1. The first kappa shape index (κ1) is 14.5. The van der Waals surface area contributed by atoms with Crippen molar-refractivity contribution in [3.05, 3.63) is 29.8 Å². The van der Waals surface area contributed by atoms with Gasteiger partial charge in [0.1, 0.15) is 11.8 Å². The van der Waals surface area contributed by atoms with Crippen LogP contribution in [-0.4, -0.2) is 24.2 Å². The predicted octanol–water partition coefficient (Wildman–Crippen LogP) is 2.24. The summed E-state index contributed by atoms with van der Waals surface area (Å²) in [7, 11) is 1.39. The molecule has 0 radical (unpaired) electrons. The maximum atomic E-state index is 11.6. The molecule has 0 aliphatic heterocycles. The second-order valence-electron chi connectivity index (χ2n) is 4.72. The van der Waals surface area contributed by atoms with Gasteiger partial charge in [-0.2, -0.15) is 0 Å². The SMILES string of the molecule is COC(=O)[C@@H](NC(C)c1ccc(O)cc1)C(C)C. The molecule has 0 aromatic heterocycles. The number of methoxy groups -OCH3 is 1. The van der Waals surface area contributed by atoms with Crippen molar-refractivity contribution in [3.63, 3.8) is 0 Å². The molecule has 4 nitrogen and oxygen atoms in total. The van der Waals surface area contributed by atoms with Crippen molar-refractivity contribution in [1.29, 1.82) is 0 Å². The zero-order valence-electron chi connectivity index (χ0n) is 11.3. The molecule has 1 aromatic rings. The van der Waals surface area contributed by atoms with E-state index in [2.05, 4.69) is 5.32 Å². The number of hydrogen-bond acceptors (Lipinski definition) is 4. The lowest BCUT2D eigenvalue weighted by atomic mass is 10.0. The zero-order valence-corrected chi connectivity index (χ0v) is 11.3. The Morgan fingerprint density at radius 3 is 2.22 bits per heavy atom. The summed E-state index contributed by atoms with van der Waals surface area (Å²) in [6.45, 7) is 5.92. The molecular formula is C14H21NO3. The Morgan fingerprint density at radius 2 is 1.78 bits per heavy atom. The highest BCUT2D eigenvalue weighted by Crippen LogP contribution is 2.18. The number of nitrogens with one attached hydrogen (secondary N) is 1. The van der Waals surface area contributed by atoms with Gasteiger partial charge in [0.2, 0.25) is 0 Å². The van der Waals surface area contributed by atoms with Crippen molar-refractivity contribution in [1.82, 2.24) is 5.32 Å². The summed E-state index contributed by atoms with van der Waals surface area (Å²) in [6.07, 6.45) is 0. The van der Waals surface area contributed by atoms with Crippen LogP contribution < -0.4 is 5.32 Å². The molecule has 100 valence electrons. The summed E-state index contributed by atoms with van der Waals surface area (Å²) in [5.74, 6) is 0.131. The first-order chi connectivity index (χ1) is 8.45. The van der Waals surface area contributed by atoms with Crippen LogP contribution in [0.2, 0.25) is 0 Å². The molecule has 1 aromatic carbocycles. The molecule has 18 heavy (non-hydrogen) atoms.